The molecule has 0 N–H and O–H groups in total. The van der Waals surface area contributed by atoms with E-state index in [4.69, 9.17) is 4.74 Å². The van der Waals surface area contributed by atoms with Crippen LogP contribution in [0.1, 0.15) is 112 Å². The van der Waals surface area contributed by atoms with E-state index in [0.29, 0.717) is 10.8 Å². The number of hydrogen-bond donors (Lipinski definition) is 0. The van der Waals surface area contributed by atoms with Crippen molar-refractivity contribution in [3.63, 3.8) is 0 Å². The monoisotopic (exact) mass is 568 g/mol. The van der Waals surface area contributed by atoms with Crippen molar-refractivity contribution >= 4 is 28.6 Å². The summed E-state index contributed by atoms with van der Waals surface area (Å²) in [6, 6.07) is 0. The summed E-state index contributed by atoms with van der Waals surface area (Å²) in [5.41, 5.74) is 2.52. The van der Waals surface area contributed by atoms with E-state index >= 15 is 0 Å². The molecule has 0 aromatic heterocycles. The van der Waals surface area contributed by atoms with Gasteiger partial charge in [-0.25, -0.2) is 0 Å². The predicted octanol–water partition coefficient (Wildman–Crippen LogP) is 8.76. The van der Waals surface area contributed by atoms with Gasteiger partial charge in [-0.3, -0.25) is 4.79 Å². The maximum absolute atomic E-state index is 12.2. The van der Waals surface area contributed by atoms with Crippen LogP contribution in [0.15, 0.2) is 11.6 Å². The molecular formula is C30H49IO2. The first kappa shape index (κ1) is 26.0. The van der Waals surface area contributed by atoms with Gasteiger partial charge in [0.2, 0.25) is 0 Å². The lowest BCUT2D eigenvalue weighted by atomic mass is 9.47. The van der Waals surface area contributed by atoms with Crippen LogP contribution in [-0.2, 0) is 9.53 Å². The Labute approximate surface area is 217 Å². The highest BCUT2D eigenvalue weighted by molar-refractivity contribution is 14.1. The Kier molecular flexibility index (Phi) is 7.99. The molecule has 2 nitrogen and oxygen atoms in total. The lowest BCUT2D eigenvalue weighted by molar-refractivity contribution is -0.150. The number of carbonyl (C=O) groups is 1. The molecule has 9 atom stereocenters. The Hall–Kier alpha value is -0.0600. The van der Waals surface area contributed by atoms with E-state index in [1.54, 1.807) is 5.57 Å². The number of carbonyl (C=O) groups excluding carboxylic acids is 1. The molecule has 0 radical (unpaired) electrons. The molecule has 0 spiro atoms. The van der Waals surface area contributed by atoms with E-state index in [2.05, 4.69) is 63.3 Å². The van der Waals surface area contributed by atoms with Crippen LogP contribution < -0.4 is 0 Å². The predicted molar refractivity (Wildman–Crippen MR) is 146 cm³/mol. The fraction of sp³-hybridized carbons (Fsp3) is 0.900. The van der Waals surface area contributed by atoms with E-state index in [-0.39, 0.29) is 16.0 Å². The van der Waals surface area contributed by atoms with Crippen LogP contribution in [0.5, 0.6) is 0 Å². The van der Waals surface area contributed by atoms with Crippen molar-refractivity contribution in [2.75, 3.05) is 0 Å². The van der Waals surface area contributed by atoms with E-state index < -0.39 is 0 Å². The first-order chi connectivity index (χ1) is 15.6. The average Bonchev–Trinajstić information content (AvgIpc) is 3.11. The molecule has 3 fully saturated rings. The summed E-state index contributed by atoms with van der Waals surface area (Å²) < 4.78 is 5.81. The van der Waals surface area contributed by atoms with E-state index in [0.717, 1.165) is 48.3 Å². The average molecular weight is 569 g/mol. The van der Waals surface area contributed by atoms with Crippen LogP contribution in [-0.4, -0.2) is 16.0 Å². The van der Waals surface area contributed by atoms with Crippen molar-refractivity contribution in [1.29, 1.82) is 0 Å². The van der Waals surface area contributed by atoms with Gasteiger partial charge in [0.1, 0.15) is 10.0 Å². The van der Waals surface area contributed by atoms with Crippen LogP contribution in [0.3, 0.4) is 0 Å². The zero-order valence-electron chi connectivity index (χ0n) is 22.2. The third-order valence-electron chi connectivity index (χ3n) is 10.9. The Morgan fingerprint density at radius 3 is 2.52 bits per heavy atom. The number of alkyl halides is 1. The lowest BCUT2D eigenvalue weighted by Crippen LogP contribution is -2.51. The summed E-state index contributed by atoms with van der Waals surface area (Å²) in [7, 11) is 0. The summed E-state index contributed by atoms with van der Waals surface area (Å²) in [6.45, 7) is 14.5. The summed E-state index contributed by atoms with van der Waals surface area (Å²) in [4.78, 5) is 12.2. The summed E-state index contributed by atoms with van der Waals surface area (Å²) in [6.07, 6.45) is 17.2. The van der Waals surface area contributed by atoms with Gasteiger partial charge in [0.15, 0.2) is 0 Å². The van der Waals surface area contributed by atoms with Crippen LogP contribution >= 0.6 is 22.6 Å². The molecule has 3 heteroatoms. The van der Waals surface area contributed by atoms with E-state index in [1.807, 2.05) is 6.92 Å². The number of ether oxygens (including phenoxy) is 1. The smallest absolute Gasteiger partial charge is 0.318 e. The van der Waals surface area contributed by atoms with Crippen molar-refractivity contribution in [2.24, 2.45) is 46.3 Å². The molecule has 0 heterocycles. The molecule has 0 amide bonds. The Morgan fingerprint density at radius 2 is 1.82 bits per heavy atom. The largest absolute Gasteiger partial charge is 0.461 e. The summed E-state index contributed by atoms with van der Waals surface area (Å²) in [5, 5.41) is 0. The molecule has 188 valence electrons. The van der Waals surface area contributed by atoms with Crippen LogP contribution in [0.2, 0.25) is 0 Å². The van der Waals surface area contributed by atoms with Crippen molar-refractivity contribution in [1.82, 2.24) is 0 Å². The number of hydrogen-bond acceptors (Lipinski definition) is 2. The van der Waals surface area contributed by atoms with Crippen molar-refractivity contribution in [3.05, 3.63) is 11.6 Å². The lowest BCUT2D eigenvalue weighted by Gasteiger charge is -2.58. The first-order valence-corrected chi connectivity index (χ1v) is 15.3. The zero-order valence-corrected chi connectivity index (χ0v) is 24.3. The SMILES string of the molecule is CC(C)CCC[C@@H](C)[C@H]1CC[C@H]2[C@@H]3CC=C4C[C@@H](OC(=O)[C@@H](C)I)CC[C@]4(C)[C@H]3CC[C@]12C. The molecule has 0 aromatic carbocycles. The molecule has 0 aliphatic heterocycles. The maximum Gasteiger partial charge on any atom is 0.318 e. The van der Waals surface area contributed by atoms with Crippen molar-refractivity contribution in [3.8, 4) is 0 Å². The van der Waals surface area contributed by atoms with Gasteiger partial charge in [-0.15, -0.1) is 0 Å². The highest BCUT2D eigenvalue weighted by Crippen LogP contribution is 2.67. The van der Waals surface area contributed by atoms with Gasteiger partial charge in [-0.2, -0.15) is 0 Å². The van der Waals surface area contributed by atoms with Gasteiger partial charge in [0, 0.05) is 6.42 Å². The topological polar surface area (TPSA) is 26.3 Å². The fourth-order valence-corrected chi connectivity index (χ4v) is 9.16. The third kappa shape index (κ3) is 4.96. The number of esters is 1. The number of fused-ring (bicyclic) bond motifs is 5. The summed E-state index contributed by atoms with van der Waals surface area (Å²) in [5.74, 6) is 5.24. The van der Waals surface area contributed by atoms with Gasteiger partial charge in [-0.05, 0) is 98.2 Å². The molecule has 0 bridgehead atoms. The second-order valence-electron chi connectivity index (χ2n) is 13.2. The highest BCUT2D eigenvalue weighted by atomic mass is 127. The minimum Gasteiger partial charge on any atom is -0.461 e. The molecule has 0 unspecified atom stereocenters. The molecule has 3 saturated carbocycles. The fourth-order valence-electron chi connectivity index (χ4n) is 9.01. The van der Waals surface area contributed by atoms with Gasteiger partial charge in [-0.1, -0.05) is 88.1 Å². The van der Waals surface area contributed by atoms with E-state index in [1.165, 1.54) is 57.8 Å². The Bertz CT molecular complexity index is 742. The maximum atomic E-state index is 12.2. The van der Waals surface area contributed by atoms with Gasteiger partial charge in [0.05, 0.1) is 0 Å². The molecule has 0 aromatic rings. The number of halogens is 1. The zero-order chi connectivity index (χ0) is 24.0. The standard InChI is InChI=1S/C30H49IO2/c1-19(2)8-7-9-20(3)25-12-13-26-24-11-10-22-18-23(33-28(32)21(4)31)14-16-29(22,5)27(24)15-17-30(25,26)6/h10,19-21,23-27H,7-9,11-18H2,1-6H3/t20-,21-,23+,24+,25-,26+,27+,29+,30-/m1/s1. The molecule has 4 rings (SSSR count). The molecule has 4 aliphatic rings. The summed E-state index contributed by atoms with van der Waals surface area (Å²) >= 11 is 2.17. The molecular weight excluding hydrogens is 519 g/mol. The second-order valence-corrected chi connectivity index (χ2v) is 15.1. The highest BCUT2D eigenvalue weighted by Gasteiger charge is 2.59. The molecule has 4 aliphatic carbocycles. The van der Waals surface area contributed by atoms with Crippen LogP contribution in [0.4, 0.5) is 0 Å². The Morgan fingerprint density at radius 1 is 1.06 bits per heavy atom. The van der Waals surface area contributed by atoms with Crippen LogP contribution in [0.25, 0.3) is 0 Å². The number of allylic oxidation sites excluding steroid dienone is 1. The van der Waals surface area contributed by atoms with Gasteiger partial charge in [0.25, 0.3) is 0 Å². The van der Waals surface area contributed by atoms with Crippen LogP contribution in [0, 0.1) is 46.3 Å². The van der Waals surface area contributed by atoms with E-state index in [9.17, 15) is 4.79 Å². The molecule has 0 saturated heterocycles. The minimum absolute atomic E-state index is 0.0357. The Balaban J connectivity index is 1.45. The minimum atomic E-state index is -0.0558. The quantitative estimate of drug-likeness (QED) is 0.133. The second kappa shape index (κ2) is 10.1. The third-order valence-corrected chi connectivity index (χ3v) is 11.4. The van der Waals surface area contributed by atoms with Crippen molar-refractivity contribution < 1.29 is 9.53 Å². The van der Waals surface area contributed by atoms with Gasteiger partial charge >= 0.3 is 5.97 Å². The number of rotatable bonds is 7. The molecule has 33 heavy (non-hydrogen) atoms. The first-order valence-electron chi connectivity index (χ1n) is 14.1. The van der Waals surface area contributed by atoms with Gasteiger partial charge < -0.3 is 4.74 Å². The normalized spacial score (nSPS) is 42.1. The van der Waals surface area contributed by atoms with Crippen molar-refractivity contribution in [2.45, 2.75) is 122 Å².